The number of Topliss-reactive ketones (excluding diaryl/α,β-unsaturated/α-hetero) is 1. The fourth-order valence-electron chi connectivity index (χ4n) is 2.35. The molecular weight excluding hydrogens is 372 g/mol. The molecule has 0 atom stereocenters. The van der Waals surface area contributed by atoms with Crippen LogP contribution in [-0.2, 0) is 13.0 Å². The molecule has 7 nitrogen and oxygen atoms in total. The van der Waals surface area contributed by atoms with E-state index in [4.69, 9.17) is 9.47 Å². The number of aryl methyl sites for hydroxylation is 2. The van der Waals surface area contributed by atoms with Gasteiger partial charge in [-0.1, -0.05) is 17.8 Å². The molecule has 0 saturated carbocycles. The lowest BCUT2D eigenvalue weighted by Crippen LogP contribution is -2.08. The molecule has 3 rings (SSSR count). The Kier molecular flexibility index (Phi) is 6.24. The van der Waals surface area contributed by atoms with Crippen LogP contribution in [0.1, 0.15) is 15.2 Å². The van der Waals surface area contributed by atoms with Crippen LogP contribution >= 0.6 is 23.1 Å². The number of benzene rings is 1. The topological polar surface area (TPSA) is 79.1 Å². The summed E-state index contributed by atoms with van der Waals surface area (Å²) in [4.78, 5) is 13.8. The number of carbonyl (C=O) groups is 1. The Labute approximate surface area is 159 Å². The third-order valence-electron chi connectivity index (χ3n) is 3.69. The highest BCUT2D eigenvalue weighted by atomic mass is 32.2. The minimum absolute atomic E-state index is 0.0534. The van der Waals surface area contributed by atoms with Gasteiger partial charge in [0.25, 0.3) is 0 Å². The average Bonchev–Trinajstić information content (AvgIpc) is 3.35. The third kappa shape index (κ3) is 4.41. The van der Waals surface area contributed by atoms with Gasteiger partial charge in [-0.3, -0.25) is 4.79 Å². The van der Waals surface area contributed by atoms with Crippen LogP contribution in [0.25, 0.3) is 0 Å². The standard InChI is InChI=1S/C17H18N4O3S2/c1-23-12-5-6-14(16(10-12)24-2)15(22)11-26-17-18-19-20-21(17)8-7-13-4-3-9-25-13/h3-6,9-10H,7-8,11H2,1-2H3. The minimum Gasteiger partial charge on any atom is -0.497 e. The summed E-state index contributed by atoms with van der Waals surface area (Å²) in [6, 6.07) is 9.26. The van der Waals surface area contributed by atoms with Crippen molar-refractivity contribution in [2.45, 2.75) is 18.1 Å². The van der Waals surface area contributed by atoms with Crippen molar-refractivity contribution in [3.05, 3.63) is 46.2 Å². The Morgan fingerprint density at radius 3 is 2.88 bits per heavy atom. The molecule has 0 unspecified atom stereocenters. The Morgan fingerprint density at radius 1 is 1.27 bits per heavy atom. The van der Waals surface area contributed by atoms with Crippen molar-refractivity contribution < 1.29 is 14.3 Å². The normalized spacial score (nSPS) is 10.7. The van der Waals surface area contributed by atoms with E-state index in [2.05, 4.69) is 21.6 Å². The largest absolute Gasteiger partial charge is 0.497 e. The van der Waals surface area contributed by atoms with Crippen LogP contribution in [0.3, 0.4) is 0 Å². The van der Waals surface area contributed by atoms with Crippen molar-refractivity contribution in [3.63, 3.8) is 0 Å². The molecule has 2 aromatic heterocycles. The number of methoxy groups -OCH3 is 2. The highest BCUT2D eigenvalue weighted by Gasteiger charge is 2.16. The third-order valence-corrected chi connectivity index (χ3v) is 5.58. The van der Waals surface area contributed by atoms with Crippen LogP contribution in [0, 0.1) is 0 Å². The zero-order chi connectivity index (χ0) is 18.4. The summed E-state index contributed by atoms with van der Waals surface area (Å²) in [6.45, 7) is 0.676. The van der Waals surface area contributed by atoms with E-state index in [1.807, 2.05) is 11.4 Å². The molecule has 0 bridgehead atoms. The first-order valence-corrected chi connectivity index (χ1v) is 9.74. The maximum Gasteiger partial charge on any atom is 0.209 e. The molecular formula is C17H18N4O3S2. The van der Waals surface area contributed by atoms with Gasteiger partial charge in [0, 0.05) is 17.4 Å². The van der Waals surface area contributed by atoms with Gasteiger partial charge in [0.2, 0.25) is 5.16 Å². The molecule has 0 aliphatic heterocycles. The first-order valence-electron chi connectivity index (χ1n) is 7.88. The van der Waals surface area contributed by atoms with Gasteiger partial charge in [-0.2, -0.15) is 0 Å². The summed E-state index contributed by atoms with van der Waals surface area (Å²) in [5, 5.41) is 14.4. The second kappa shape index (κ2) is 8.81. The van der Waals surface area contributed by atoms with E-state index in [0.29, 0.717) is 28.8 Å². The van der Waals surface area contributed by atoms with Crippen LogP contribution < -0.4 is 9.47 Å². The molecule has 0 aliphatic carbocycles. The predicted octanol–water partition coefficient (Wildman–Crippen LogP) is 2.97. The highest BCUT2D eigenvalue weighted by molar-refractivity contribution is 7.99. The maximum absolute atomic E-state index is 12.6. The lowest BCUT2D eigenvalue weighted by molar-refractivity contribution is 0.101. The molecule has 0 amide bonds. The molecule has 0 N–H and O–H groups in total. The van der Waals surface area contributed by atoms with E-state index in [1.54, 1.807) is 41.3 Å². The zero-order valence-corrected chi connectivity index (χ0v) is 16.0. The van der Waals surface area contributed by atoms with Gasteiger partial charge in [0.05, 0.1) is 32.1 Å². The number of nitrogens with zero attached hydrogens (tertiary/aromatic N) is 4. The first kappa shape index (κ1) is 18.4. The van der Waals surface area contributed by atoms with Gasteiger partial charge in [-0.05, 0) is 34.0 Å². The molecule has 3 aromatic rings. The van der Waals surface area contributed by atoms with Crippen molar-refractivity contribution in [3.8, 4) is 11.5 Å². The lowest BCUT2D eigenvalue weighted by atomic mass is 10.1. The number of thiophene rings is 1. The Morgan fingerprint density at radius 2 is 2.15 bits per heavy atom. The molecule has 2 heterocycles. The van der Waals surface area contributed by atoms with E-state index in [0.717, 1.165) is 6.42 Å². The van der Waals surface area contributed by atoms with Gasteiger partial charge in [-0.25, -0.2) is 4.68 Å². The van der Waals surface area contributed by atoms with E-state index in [1.165, 1.54) is 23.7 Å². The number of ether oxygens (including phenoxy) is 2. The zero-order valence-electron chi connectivity index (χ0n) is 14.4. The molecule has 0 fully saturated rings. The summed E-state index contributed by atoms with van der Waals surface area (Å²) in [5.41, 5.74) is 0.512. The van der Waals surface area contributed by atoms with E-state index >= 15 is 0 Å². The SMILES string of the molecule is COc1ccc(C(=O)CSc2nnnn2CCc2cccs2)c(OC)c1. The minimum atomic E-state index is -0.0534. The predicted molar refractivity (Wildman–Crippen MR) is 100 cm³/mol. The lowest BCUT2D eigenvalue weighted by Gasteiger charge is -2.09. The van der Waals surface area contributed by atoms with Gasteiger partial charge < -0.3 is 9.47 Å². The number of thioether (sulfide) groups is 1. The van der Waals surface area contributed by atoms with Gasteiger partial charge in [-0.15, -0.1) is 16.4 Å². The van der Waals surface area contributed by atoms with E-state index < -0.39 is 0 Å². The van der Waals surface area contributed by atoms with Crippen LogP contribution in [-0.4, -0.2) is 46.0 Å². The number of rotatable bonds is 9. The molecule has 0 radical (unpaired) electrons. The fraction of sp³-hybridized carbons (Fsp3) is 0.294. The second-order valence-electron chi connectivity index (χ2n) is 5.29. The summed E-state index contributed by atoms with van der Waals surface area (Å²) in [7, 11) is 3.10. The average molecular weight is 390 g/mol. The van der Waals surface area contributed by atoms with E-state index in [-0.39, 0.29) is 11.5 Å². The Bertz CT molecular complexity index is 865. The maximum atomic E-state index is 12.6. The summed E-state index contributed by atoms with van der Waals surface area (Å²) in [6.07, 6.45) is 0.858. The summed E-state index contributed by atoms with van der Waals surface area (Å²) < 4.78 is 12.2. The van der Waals surface area contributed by atoms with Gasteiger partial charge in [0.15, 0.2) is 5.78 Å². The monoisotopic (exact) mass is 390 g/mol. The molecule has 0 spiro atoms. The molecule has 1 aromatic carbocycles. The number of tetrazole rings is 1. The fourth-order valence-corrected chi connectivity index (χ4v) is 3.83. The Hall–Kier alpha value is -2.39. The van der Waals surface area contributed by atoms with Crippen molar-refractivity contribution in [1.29, 1.82) is 0 Å². The van der Waals surface area contributed by atoms with Crippen molar-refractivity contribution >= 4 is 28.9 Å². The Balaban J connectivity index is 1.62. The summed E-state index contributed by atoms with van der Waals surface area (Å²) >= 11 is 3.02. The molecule has 0 saturated heterocycles. The van der Waals surface area contributed by atoms with Crippen molar-refractivity contribution in [2.24, 2.45) is 0 Å². The van der Waals surface area contributed by atoms with E-state index in [9.17, 15) is 4.79 Å². The van der Waals surface area contributed by atoms with Crippen molar-refractivity contribution in [1.82, 2.24) is 20.2 Å². The molecule has 136 valence electrons. The number of carbonyl (C=O) groups excluding carboxylic acids is 1. The number of hydrogen-bond acceptors (Lipinski definition) is 8. The van der Waals surface area contributed by atoms with Crippen LogP contribution in [0.15, 0.2) is 40.9 Å². The molecule has 26 heavy (non-hydrogen) atoms. The van der Waals surface area contributed by atoms with Gasteiger partial charge in [0.1, 0.15) is 11.5 Å². The quantitative estimate of drug-likeness (QED) is 0.410. The summed E-state index contributed by atoms with van der Waals surface area (Å²) in [5.74, 6) is 1.31. The number of ketones is 1. The van der Waals surface area contributed by atoms with Crippen molar-refractivity contribution in [2.75, 3.05) is 20.0 Å². The van der Waals surface area contributed by atoms with Gasteiger partial charge >= 0.3 is 0 Å². The first-order chi connectivity index (χ1) is 12.7. The number of hydrogen-bond donors (Lipinski definition) is 0. The number of aromatic nitrogens is 4. The highest BCUT2D eigenvalue weighted by Crippen LogP contribution is 2.26. The molecule has 9 heteroatoms. The van der Waals surface area contributed by atoms with Crippen LogP contribution in [0.5, 0.6) is 11.5 Å². The smallest absolute Gasteiger partial charge is 0.209 e. The molecule has 0 aliphatic rings. The van der Waals surface area contributed by atoms with Crippen LogP contribution in [0.4, 0.5) is 0 Å². The van der Waals surface area contributed by atoms with Crippen LogP contribution in [0.2, 0.25) is 0 Å². The second-order valence-corrected chi connectivity index (χ2v) is 7.27.